The van der Waals surface area contributed by atoms with Crippen molar-refractivity contribution in [2.75, 3.05) is 31.5 Å². The Hall–Kier alpha value is -6.05. The van der Waals surface area contributed by atoms with E-state index >= 15 is 0 Å². The molecule has 3 aromatic carbocycles. The van der Waals surface area contributed by atoms with Crippen LogP contribution in [0.5, 0.6) is 0 Å². The van der Waals surface area contributed by atoms with Gasteiger partial charge >= 0.3 is 0 Å². The second-order valence-electron chi connectivity index (χ2n) is 15.0. The maximum atomic E-state index is 14.3. The van der Waals surface area contributed by atoms with E-state index in [2.05, 4.69) is 15.3 Å². The summed E-state index contributed by atoms with van der Waals surface area (Å²) in [7, 11) is 0. The summed E-state index contributed by atoms with van der Waals surface area (Å²) in [5.41, 5.74) is 2.32. The fourth-order valence-corrected chi connectivity index (χ4v) is 8.99. The van der Waals surface area contributed by atoms with Gasteiger partial charge in [0.25, 0.3) is 11.5 Å². The second kappa shape index (κ2) is 16.2. The molecule has 0 radical (unpaired) electrons. The number of hydrogen-bond acceptors (Lipinski definition) is 9. The molecule has 2 aliphatic heterocycles. The number of anilines is 1. The van der Waals surface area contributed by atoms with Crippen molar-refractivity contribution in [1.29, 1.82) is 0 Å². The summed E-state index contributed by atoms with van der Waals surface area (Å²) in [5.74, 6) is -0.627. The van der Waals surface area contributed by atoms with Gasteiger partial charge in [-0.2, -0.15) is 0 Å². The van der Waals surface area contributed by atoms with Gasteiger partial charge in [0, 0.05) is 43.6 Å². The van der Waals surface area contributed by atoms with Gasteiger partial charge in [-0.1, -0.05) is 91.0 Å². The molecule has 2 atom stereocenters. The summed E-state index contributed by atoms with van der Waals surface area (Å²) in [6.45, 7) is 3.35. The number of hydrogen-bond donors (Lipinski definition) is 2. The Kier molecular flexibility index (Phi) is 10.8. The maximum Gasteiger partial charge on any atom is 0.280 e. The highest BCUT2D eigenvalue weighted by Gasteiger charge is 2.42. The van der Waals surface area contributed by atoms with Crippen LogP contribution in [0.4, 0.5) is 5.82 Å². The Morgan fingerprint density at radius 1 is 0.860 bits per heavy atom. The Morgan fingerprint density at radius 2 is 1.54 bits per heavy atom. The Balaban J connectivity index is 0.929. The number of aliphatic hydroxyl groups is 1. The molecule has 8 rings (SSSR count). The number of pyridine rings is 1. The molecule has 2 aliphatic rings. The first-order valence-electron chi connectivity index (χ1n) is 19.2. The van der Waals surface area contributed by atoms with Crippen molar-refractivity contribution < 1.29 is 19.5 Å². The molecule has 2 saturated heterocycles. The van der Waals surface area contributed by atoms with Crippen molar-refractivity contribution in [3.8, 4) is 10.6 Å². The van der Waals surface area contributed by atoms with Gasteiger partial charge in [0.1, 0.15) is 15.7 Å². The van der Waals surface area contributed by atoms with Crippen molar-refractivity contribution in [3.63, 3.8) is 0 Å². The highest BCUT2D eigenvalue weighted by Crippen LogP contribution is 2.37. The third-order valence-corrected chi connectivity index (χ3v) is 12.3. The van der Waals surface area contributed by atoms with Gasteiger partial charge in [0.2, 0.25) is 11.8 Å². The van der Waals surface area contributed by atoms with E-state index in [-0.39, 0.29) is 66.7 Å². The van der Waals surface area contributed by atoms with Gasteiger partial charge in [-0.15, -0.1) is 11.3 Å². The van der Waals surface area contributed by atoms with Gasteiger partial charge in [0.05, 0.1) is 36.1 Å². The van der Waals surface area contributed by atoms with Crippen LogP contribution in [0.3, 0.4) is 0 Å². The van der Waals surface area contributed by atoms with Crippen LogP contribution in [-0.2, 0) is 22.6 Å². The van der Waals surface area contributed by atoms with Gasteiger partial charge in [-0.3, -0.25) is 23.7 Å². The number of nitrogens with one attached hydrogen (secondary N) is 1. The molecule has 3 amide bonds. The summed E-state index contributed by atoms with van der Waals surface area (Å²) >= 11 is 1.40. The molecule has 6 aromatic rings. The molecular formula is C44H43N7O5S. The first-order valence-corrected chi connectivity index (χ1v) is 20.0. The van der Waals surface area contributed by atoms with Crippen molar-refractivity contribution in [1.82, 2.24) is 29.3 Å². The molecule has 0 saturated carbocycles. The second-order valence-corrected chi connectivity index (χ2v) is 16.0. The predicted octanol–water partition coefficient (Wildman–Crippen LogP) is 5.70. The van der Waals surface area contributed by atoms with Crippen LogP contribution in [-0.4, -0.2) is 83.9 Å². The number of thiazole rings is 1. The number of piperidine rings is 2. The van der Waals surface area contributed by atoms with Crippen LogP contribution in [0.1, 0.15) is 51.7 Å². The summed E-state index contributed by atoms with van der Waals surface area (Å²) in [4.78, 5) is 72.4. The molecule has 2 N–H and O–H groups in total. The molecule has 3 aromatic heterocycles. The fourth-order valence-electron chi connectivity index (χ4n) is 7.95. The lowest BCUT2D eigenvalue weighted by molar-refractivity contribution is -0.142. The van der Waals surface area contributed by atoms with Gasteiger partial charge in [0.15, 0.2) is 5.52 Å². The van der Waals surface area contributed by atoms with E-state index in [0.717, 1.165) is 21.7 Å². The average Bonchev–Trinajstić information content (AvgIpc) is 3.64. The molecular weight excluding hydrogens is 739 g/mol. The molecule has 57 heavy (non-hydrogen) atoms. The number of carbonyl (C=O) groups excluding carboxylic acids is 3. The van der Waals surface area contributed by atoms with Crippen LogP contribution in [0.2, 0.25) is 0 Å². The quantitative estimate of drug-likeness (QED) is 0.190. The first kappa shape index (κ1) is 37.9. The molecule has 290 valence electrons. The Morgan fingerprint density at radius 3 is 2.26 bits per heavy atom. The zero-order valence-electron chi connectivity index (χ0n) is 31.6. The topological polar surface area (TPSA) is 151 Å². The maximum absolute atomic E-state index is 14.3. The summed E-state index contributed by atoms with van der Waals surface area (Å²) in [5, 5.41) is 15.3. The third-order valence-electron chi connectivity index (χ3n) is 11.1. The van der Waals surface area contributed by atoms with E-state index in [1.807, 2.05) is 108 Å². The van der Waals surface area contributed by atoms with E-state index in [4.69, 9.17) is 4.98 Å². The van der Waals surface area contributed by atoms with Crippen molar-refractivity contribution in [2.45, 2.75) is 50.7 Å². The summed E-state index contributed by atoms with van der Waals surface area (Å²) in [6, 6.07) is 32.3. The molecule has 2 fully saturated rings. The average molecular weight is 782 g/mol. The molecule has 0 spiro atoms. The fraction of sp³-hybridized carbons (Fsp3) is 0.295. The molecule has 0 aliphatic carbocycles. The normalized spacial score (nSPS) is 18.0. The van der Waals surface area contributed by atoms with E-state index in [1.165, 1.54) is 22.2 Å². The summed E-state index contributed by atoms with van der Waals surface area (Å²) < 4.78 is 1.36. The van der Waals surface area contributed by atoms with Crippen LogP contribution in [0.15, 0.2) is 114 Å². The molecule has 12 nitrogen and oxygen atoms in total. The van der Waals surface area contributed by atoms with E-state index in [9.17, 15) is 24.3 Å². The van der Waals surface area contributed by atoms with Crippen molar-refractivity contribution in [2.24, 2.45) is 5.92 Å². The highest BCUT2D eigenvalue weighted by molar-refractivity contribution is 7.17. The Labute approximate surface area is 333 Å². The number of aromatic nitrogens is 4. The van der Waals surface area contributed by atoms with Gasteiger partial charge < -0.3 is 20.2 Å². The van der Waals surface area contributed by atoms with Crippen molar-refractivity contribution >= 4 is 45.9 Å². The summed E-state index contributed by atoms with van der Waals surface area (Å²) in [6.07, 6.45) is 2.63. The molecule has 0 unspecified atom stereocenters. The monoisotopic (exact) mass is 781 g/mol. The standard InChI is InChI=1S/C44H43N7O5S/c1-29-39(57-40(46-29)32-15-9-4-10-16-32)43(55)50-22-19-33(34(26-50)31-13-7-3-8-14-31)41(53)49-23-20-44(56,21-24-49)27-51-28-45-35-17-18-36(48-38(35)42(51)54)47-37(52)25-30-11-5-2-6-12-30/h2-18,28,33-34,56H,19-27H2,1H3,(H,47,48,52)/t33-,34+/m1/s1. The number of rotatable bonds is 9. The molecule has 13 heteroatoms. The number of nitrogens with zero attached hydrogens (tertiary/aromatic N) is 6. The zero-order chi connectivity index (χ0) is 39.5. The van der Waals surface area contributed by atoms with Gasteiger partial charge in [-0.25, -0.2) is 15.0 Å². The molecule has 5 heterocycles. The number of fused-ring (bicyclic) bond motifs is 1. The minimum Gasteiger partial charge on any atom is -0.388 e. The number of likely N-dealkylation sites (tertiary alicyclic amines) is 2. The number of aryl methyl sites for hydroxylation is 1. The van der Waals surface area contributed by atoms with Crippen LogP contribution < -0.4 is 10.9 Å². The highest BCUT2D eigenvalue weighted by atomic mass is 32.1. The number of carbonyl (C=O) groups is 3. The van der Waals surface area contributed by atoms with E-state index in [1.54, 1.807) is 12.1 Å². The lowest BCUT2D eigenvalue weighted by atomic mass is 9.79. The smallest absolute Gasteiger partial charge is 0.280 e. The lowest BCUT2D eigenvalue weighted by Crippen LogP contribution is -2.53. The minimum absolute atomic E-state index is 0.00826. The van der Waals surface area contributed by atoms with Crippen molar-refractivity contribution in [3.05, 3.63) is 142 Å². The number of benzene rings is 3. The first-order chi connectivity index (χ1) is 27.6. The van der Waals surface area contributed by atoms with E-state index in [0.29, 0.717) is 48.7 Å². The minimum atomic E-state index is -1.25. The zero-order valence-corrected chi connectivity index (χ0v) is 32.4. The lowest BCUT2D eigenvalue weighted by Gasteiger charge is -2.43. The molecule has 0 bridgehead atoms. The number of amides is 3. The van der Waals surface area contributed by atoms with Crippen LogP contribution in [0, 0.1) is 12.8 Å². The van der Waals surface area contributed by atoms with Gasteiger partial charge in [-0.05, 0) is 49.4 Å². The SMILES string of the molecule is Cc1nc(-c2ccccc2)sc1C(=O)N1CC[C@@H](C(=O)N2CCC(O)(Cn3cnc4ccc(NC(=O)Cc5ccccc5)nc4c3=O)CC2)[C@H](c2ccccc2)C1. The van der Waals surface area contributed by atoms with E-state index < -0.39 is 11.2 Å². The van der Waals surface area contributed by atoms with Crippen LogP contribution >= 0.6 is 11.3 Å². The predicted molar refractivity (Wildman–Crippen MR) is 219 cm³/mol. The third kappa shape index (κ3) is 8.25. The largest absolute Gasteiger partial charge is 0.388 e. The van der Waals surface area contributed by atoms with Crippen LogP contribution in [0.25, 0.3) is 21.6 Å². The Bertz CT molecular complexity index is 2470.